The molecule has 0 aliphatic heterocycles. The molecule has 1 atom stereocenters. The molecule has 3 nitrogen and oxygen atoms in total. The summed E-state index contributed by atoms with van der Waals surface area (Å²) in [5, 5.41) is 11.6. The average Bonchev–Trinajstić information content (AvgIpc) is 2.34. The van der Waals surface area contributed by atoms with Crippen molar-refractivity contribution in [1.29, 1.82) is 0 Å². The zero-order valence-corrected chi connectivity index (χ0v) is 9.39. The van der Waals surface area contributed by atoms with Crippen LogP contribution in [0.25, 0.3) is 6.08 Å². The quantitative estimate of drug-likeness (QED) is 0.739. The highest BCUT2D eigenvalue weighted by Gasteiger charge is 2.05. The van der Waals surface area contributed by atoms with E-state index in [0.29, 0.717) is 0 Å². The Morgan fingerprint density at radius 3 is 2.69 bits per heavy atom. The van der Waals surface area contributed by atoms with Crippen molar-refractivity contribution in [1.82, 2.24) is 5.32 Å². The van der Waals surface area contributed by atoms with Gasteiger partial charge in [-0.3, -0.25) is 4.79 Å². The second kappa shape index (κ2) is 6.80. The number of aliphatic hydroxyl groups excluding tert-OH is 1. The molecule has 0 unspecified atom stereocenters. The van der Waals surface area contributed by atoms with Gasteiger partial charge in [0.15, 0.2) is 0 Å². The Bertz CT molecular complexity index is 342. The number of hydrogen-bond acceptors (Lipinski definition) is 2. The van der Waals surface area contributed by atoms with E-state index < -0.39 is 0 Å². The molecule has 2 N–H and O–H groups in total. The zero-order chi connectivity index (χ0) is 11.8. The summed E-state index contributed by atoms with van der Waals surface area (Å²) < 4.78 is 0. The van der Waals surface area contributed by atoms with Gasteiger partial charge >= 0.3 is 0 Å². The van der Waals surface area contributed by atoms with Gasteiger partial charge in [-0.2, -0.15) is 0 Å². The standard InChI is InChI=1S/C13H17NO2/c1-2-12(10-15)14-13(16)9-8-11-6-4-3-5-7-11/h3-9,12,15H,2,10H2,1H3,(H,14,16)/b9-8-/t12-/m1/s1. The topological polar surface area (TPSA) is 49.3 Å². The summed E-state index contributed by atoms with van der Waals surface area (Å²) in [7, 11) is 0. The minimum Gasteiger partial charge on any atom is -0.394 e. The van der Waals surface area contributed by atoms with Crippen LogP contribution < -0.4 is 5.32 Å². The fourth-order valence-electron chi connectivity index (χ4n) is 1.26. The smallest absolute Gasteiger partial charge is 0.244 e. The molecule has 0 bridgehead atoms. The van der Waals surface area contributed by atoms with Gasteiger partial charge < -0.3 is 10.4 Å². The molecule has 0 heterocycles. The average molecular weight is 219 g/mol. The molecule has 1 rings (SSSR count). The van der Waals surface area contributed by atoms with Crippen molar-refractivity contribution < 1.29 is 9.90 Å². The number of hydrogen-bond donors (Lipinski definition) is 2. The highest BCUT2D eigenvalue weighted by atomic mass is 16.3. The Morgan fingerprint density at radius 2 is 2.12 bits per heavy atom. The molecule has 0 saturated heterocycles. The normalized spacial score (nSPS) is 12.6. The number of carbonyl (C=O) groups is 1. The van der Waals surface area contributed by atoms with Gasteiger partial charge in [0.25, 0.3) is 0 Å². The van der Waals surface area contributed by atoms with Crippen LogP contribution in [0.4, 0.5) is 0 Å². The minimum absolute atomic E-state index is 0.0264. The Morgan fingerprint density at radius 1 is 1.44 bits per heavy atom. The molecule has 1 aromatic carbocycles. The summed E-state index contributed by atoms with van der Waals surface area (Å²) >= 11 is 0. The Labute approximate surface area is 95.8 Å². The first-order valence-electron chi connectivity index (χ1n) is 5.40. The number of rotatable bonds is 5. The monoisotopic (exact) mass is 219 g/mol. The maximum absolute atomic E-state index is 11.4. The molecule has 1 amide bonds. The van der Waals surface area contributed by atoms with Gasteiger partial charge in [0, 0.05) is 6.08 Å². The lowest BCUT2D eigenvalue weighted by atomic mass is 10.2. The van der Waals surface area contributed by atoms with E-state index >= 15 is 0 Å². The van der Waals surface area contributed by atoms with Crippen molar-refractivity contribution in [2.45, 2.75) is 19.4 Å². The molecule has 0 aromatic heterocycles. The van der Waals surface area contributed by atoms with E-state index in [1.165, 1.54) is 6.08 Å². The fraction of sp³-hybridized carbons (Fsp3) is 0.308. The van der Waals surface area contributed by atoms with E-state index in [-0.39, 0.29) is 18.6 Å². The maximum atomic E-state index is 11.4. The fourth-order valence-corrected chi connectivity index (χ4v) is 1.26. The van der Waals surface area contributed by atoms with E-state index in [0.717, 1.165) is 12.0 Å². The van der Waals surface area contributed by atoms with Crippen LogP contribution in [0.3, 0.4) is 0 Å². The first-order chi connectivity index (χ1) is 7.76. The summed E-state index contributed by atoms with van der Waals surface area (Å²) in [6.07, 6.45) is 3.95. The number of amides is 1. The molecular formula is C13H17NO2. The van der Waals surface area contributed by atoms with E-state index in [1.807, 2.05) is 37.3 Å². The molecule has 0 spiro atoms. The van der Waals surface area contributed by atoms with Crippen molar-refractivity contribution in [3.63, 3.8) is 0 Å². The van der Waals surface area contributed by atoms with Crippen molar-refractivity contribution in [3.05, 3.63) is 42.0 Å². The second-order valence-electron chi connectivity index (χ2n) is 3.54. The highest BCUT2D eigenvalue weighted by Crippen LogP contribution is 2.00. The third-order valence-corrected chi connectivity index (χ3v) is 2.29. The summed E-state index contributed by atoms with van der Waals surface area (Å²) in [6, 6.07) is 9.45. The Kier molecular flexibility index (Phi) is 5.29. The Balaban J connectivity index is 2.48. The third kappa shape index (κ3) is 4.28. The van der Waals surface area contributed by atoms with Crippen molar-refractivity contribution in [3.8, 4) is 0 Å². The van der Waals surface area contributed by atoms with Crippen LogP contribution >= 0.6 is 0 Å². The second-order valence-corrected chi connectivity index (χ2v) is 3.54. The molecule has 3 heteroatoms. The molecule has 16 heavy (non-hydrogen) atoms. The summed E-state index contributed by atoms with van der Waals surface area (Å²) in [4.78, 5) is 11.4. The highest BCUT2D eigenvalue weighted by molar-refractivity contribution is 5.91. The lowest BCUT2D eigenvalue weighted by Gasteiger charge is -2.11. The first kappa shape index (κ1) is 12.5. The van der Waals surface area contributed by atoms with Crippen LogP contribution in [-0.2, 0) is 4.79 Å². The predicted molar refractivity (Wildman–Crippen MR) is 64.8 cm³/mol. The predicted octanol–water partition coefficient (Wildman–Crippen LogP) is 1.59. The summed E-state index contributed by atoms with van der Waals surface area (Å²) in [5.74, 6) is -0.176. The summed E-state index contributed by atoms with van der Waals surface area (Å²) in [5.41, 5.74) is 0.981. The molecule has 0 saturated carbocycles. The SMILES string of the molecule is CC[C@H](CO)NC(=O)/C=C\c1ccccc1. The first-order valence-corrected chi connectivity index (χ1v) is 5.40. The van der Waals surface area contributed by atoms with Crippen LogP contribution in [0.5, 0.6) is 0 Å². The van der Waals surface area contributed by atoms with Crippen molar-refractivity contribution in [2.24, 2.45) is 0 Å². The lowest BCUT2D eigenvalue weighted by Crippen LogP contribution is -2.35. The molecule has 0 fully saturated rings. The van der Waals surface area contributed by atoms with Gasteiger partial charge in [-0.05, 0) is 18.1 Å². The van der Waals surface area contributed by atoms with Crippen molar-refractivity contribution in [2.75, 3.05) is 6.61 Å². The van der Waals surface area contributed by atoms with E-state index in [9.17, 15) is 4.79 Å². The van der Waals surface area contributed by atoms with Gasteiger partial charge in [-0.25, -0.2) is 0 Å². The molecule has 1 aromatic rings. The van der Waals surface area contributed by atoms with Gasteiger partial charge in [-0.1, -0.05) is 37.3 Å². The Hall–Kier alpha value is -1.61. The van der Waals surface area contributed by atoms with Crippen LogP contribution in [-0.4, -0.2) is 23.7 Å². The molecule has 86 valence electrons. The van der Waals surface area contributed by atoms with Crippen LogP contribution in [0.1, 0.15) is 18.9 Å². The van der Waals surface area contributed by atoms with Gasteiger partial charge in [0.05, 0.1) is 12.6 Å². The number of nitrogens with one attached hydrogen (secondary N) is 1. The van der Waals surface area contributed by atoms with Crippen molar-refractivity contribution >= 4 is 12.0 Å². The van der Waals surface area contributed by atoms with Gasteiger partial charge in [0.1, 0.15) is 0 Å². The minimum atomic E-state index is -0.176. The largest absolute Gasteiger partial charge is 0.394 e. The van der Waals surface area contributed by atoms with Crippen LogP contribution in [0.2, 0.25) is 0 Å². The van der Waals surface area contributed by atoms with Crippen LogP contribution in [0.15, 0.2) is 36.4 Å². The van der Waals surface area contributed by atoms with E-state index in [1.54, 1.807) is 6.08 Å². The zero-order valence-electron chi connectivity index (χ0n) is 9.39. The number of benzene rings is 1. The van der Waals surface area contributed by atoms with Gasteiger partial charge in [0.2, 0.25) is 5.91 Å². The van der Waals surface area contributed by atoms with E-state index in [4.69, 9.17) is 5.11 Å². The molecular weight excluding hydrogens is 202 g/mol. The number of carbonyl (C=O) groups excluding carboxylic acids is 1. The van der Waals surface area contributed by atoms with Gasteiger partial charge in [-0.15, -0.1) is 0 Å². The summed E-state index contributed by atoms with van der Waals surface area (Å²) in [6.45, 7) is 1.89. The molecule has 0 aliphatic rings. The third-order valence-electron chi connectivity index (χ3n) is 2.29. The molecule has 0 aliphatic carbocycles. The molecule has 0 radical (unpaired) electrons. The van der Waals surface area contributed by atoms with E-state index in [2.05, 4.69) is 5.32 Å². The lowest BCUT2D eigenvalue weighted by molar-refractivity contribution is -0.117. The maximum Gasteiger partial charge on any atom is 0.244 e. The number of aliphatic hydroxyl groups is 1. The van der Waals surface area contributed by atoms with Crippen LogP contribution in [0, 0.1) is 0 Å².